The summed E-state index contributed by atoms with van der Waals surface area (Å²) in [5.74, 6) is 6.30. The van der Waals surface area contributed by atoms with E-state index in [1.807, 2.05) is 30.3 Å². The molecule has 3 aromatic carbocycles. The fourth-order valence-corrected chi connectivity index (χ4v) is 3.53. The highest BCUT2D eigenvalue weighted by atomic mass is 19.4. The van der Waals surface area contributed by atoms with Crippen molar-refractivity contribution in [3.8, 4) is 0 Å². The van der Waals surface area contributed by atoms with E-state index in [0.717, 1.165) is 30.5 Å². The normalized spacial score (nSPS) is 15.1. The van der Waals surface area contributed by atoms with E-state index in [2.05, 4.69) is 10.4 Å². The van der Waals surface area contributed by atoms with Gasteiger partial charge >= 0.3 is 6.18 Å². The van der Waals surface area contributed by atoms with Crippen molar-refractivity contribution >= 4 is 17.2 Å². The van der Waals surface area contributed by atoms with Crippen molar-refractivity contribution in [2.24, 2.45) is 16.7 Å². The molecule has 0 spiro atoms. The van der Waals surface area contributed by atoms with Crippen LogP contribution in [0.3, 0.4) is 0 Å². The largest absolute Gasteiger partial charge is 0.416 e. The lowest BCUT2D eigenvalue weighted by Crippen LogP contribution is -2.38. The number of alkyl halides is 3. The first-order chi connectivity index (χ1) is 16.2. The highest BCUT2D eigenvalue weighted by Crippen LogP contribution is 2.40. The number of ether oxygens (including phenoxy) is 1. The first-order valence-corrected chi connectivity index (χ1v) is 10.8. The van der Waals surface area contributed by atoms with Crippen LogP contribution in [0.2, 0.25) is 0 Å². The fraction of sp³-hybridized carbons (Fsp3) is 0.240. The predicted molar refractivity (Wildman–Crippen MR) is 126 cm³/mol. The maximum absolute atomic E-state index is 12.8. The van der Waals surface area contributed by atoms with Gasteiger partial charge in [-0.15, -0.1) is 5.10 Å². The summed E-state index contributed by atoms with van der Waals surface area (Å²) in [4.78, 5) is 0. The topological polar surface area (TPSA) is 88.9 Å². The molecular weight excluding hydrogens is 443 g/mol. The number of rotatable bonds is 9. The first-order valence-electron chi connectivity index (χ1n) is 10.8. The fourth-order valence-electron chi connectivity index (χ4n) is 3.53. The molecule has 0 radical (unpaired) electrons. The maximum atomic E-state index is 12.8. The zero-order valence-corrected chi connectivity index (χ0v) is 18.4. The van der Waals surface area contributed by atoms with Gasteiger partial charge in [0.2, 0.25) is 0 Å². The average molecular weight is 470 g/mol. The zero-order valence-electron chi connectivity index (χ0n) is 18.4. The second-order valence-corrected chi connectivity index (χ2v) is 8.29. The molecule has 0 saturated heterocycles. The molecular formula is C25H26F3N5O. The van der Waals surface area contributed by atoms with Gasteiger partial charge in [-0.25, -0.2) is 11.0 Å². The molecule has 3 aromatic rings. The molecule has 0 unspecified atom stereocenters. The molecule has 9 heteroatoms. The maximum Gasteiger partial charge on any atom is 0.416 e. The van der Waals surface area contributed by atoms with Crippen molar-refractivity contribution in [3.05, 3.63) is 95.6 Å². The Morgan fingerprint density at radius 2 is 1.62 bits per heavy atom. The van der Waals surface area contributed by atoms with Crippen LogP contribution in [0, 0.1) is 0 Å². The van der Waals surface area contributed by atoms with Crippen molar-refractivity contribution in [3.63, 3.8) is 0 Å². The van der Waals surface area contributed by atoms with Crippen LogP contribution >= 0.6 is 0 Å². The average Bonchev–Trinajstić information content (AvgIpc) is 3.58. The van der Waals surface area contributed by atoms with Crippen molar-refractivity contribution in [2.45, 2.75) is 31.2 Å². The number of nitrogens with two attached hydrogens (primary N) is 2. The number of para-hydroxylation sites is 1. The van der Waals surface area contributed by atoms with Gasteiger partial charge in [0.05, 0.1) is 24.3 Å². The van der Waals surface area contributed by atoms with Crippen molar-refractivity contribution in [2.75, 3.05) is 11.9 Å². The number of hydrazone groups is 1. The monoisotopic (exact) mass is 469 g/mol. The number of nitrogens with one attached hydrogen (secondary N) is 1. The summed E-state index contributed by atoms with van der Waals surface area (Å²) in [7, 11) is 0. The van der Waals surface area contributed by atoms with Crippen LogP contribution in [0.1, 0.15) is 29.5 Å². The minimum atomic E-state index is -4.39. The predicted octanol–water partition coefficient (Wildman–Crippen LogP) is 4.99. The Hall–Kier alpha value is -3.56. The Balaban J connectivity index is 1.41. The number of hydrazine groups is 1. The van der Waals surface area contributed by atoms with Gasteiger partial charge in [-0.05, 0) is 54.8 Å². The van der Waals surface area contributed by atoms with Crippen LogP contribution in [0.25, 0.3) is 0 Å². The number of anilines is 2. The van der Waals surface area contributed by atoms with E-state index in [-0.39, 0.29) is 11.4 Å². The zero-order chi connectivity index (χ0) is 24.2. The third-order valence-corrected chi connectivity index (χ3v) is 5.58. The molecule has 1 fully saturated rings. The van der Waals surface area contributed by atoms with Gasteiger partial charge in [0.15, 0.2) is 5.84 Å². The Kier molecular flexibility index (Phi) is 6.76. The van der Waals surface area contributed by atoms with E-state index in [4.69, 9.17) is 16.3 Å². The lowest BCUT2D eigenvalue weighted by atomic mass is 10.1. The third kappa shape index (κ3) is 6.06. The van der Waals surface area contributed by atoms with E-state index >= 15 is 0 Å². The van der Waals surface area contributed by atoms with Gasteiger partial charge in [0.25, 0.3) is 0 Å². The van der Waals surface area contributed by atoms with Crippen LogP contribution in [0.4, 0.5) is 24.5 Å². The molecule has 34 heavy (non-hydrogen) atoms. The third-order valence-electron chi connectivity index (χ3n) is 5.58. The van der Waals surface area contributed by atoms with Gasteiger partial charge in [-0.2, -0.15) is 13.2 Å². The summed E-state index contributed by atoms with van der Waals surface area (Å²) < 4.78 is 44.5. The lowest BCUT2D eigenvalue weighted by Gasteiger charge is -2.22. The van der Waals surface area contributed by atoms with E-state index < -0.39 is 11.7 Å². The number of halogens is 3. The molecule has 0 aromatic heterocycles. The number of nitrogens with zero attached hydrogens (tertiary/aromatic N) is 2. The molecule has 0 amide bonds. The Morgan fingerprint density at radius 1 is 0.971 bits per heavy atom. The minimum Gasteiger partial charge on any atom is -0.382 e. The second-order valence-electron chi connectivity index (χ2n) is 8.29. The summed E-state index contributed by atoms with van der Waals surface area (Å²) in [5.41, 5.74) is 7.92. The quantitative estimate of drug-likeness (QED) is 0.178. The van der Waals surface area contributed by atoms with Gasteiger partial charge in [-0.1, -0.05) is 42.5 Å². The molecule has 0 atom stereocenters. The van der Waals surface area contributed by atoms with Crippen LogP contribution < -0.4 is 16.9 Å². The molecule has 1 saturated carbocycles. The summed E-state index contributed by atoms with van der Waals surface area (Å²) in [5, 5.41) is 8.69. The molecule has 6 nitrogen and oxygen atoms in total. The lowest BCUT2D eigenvalue weighted by molar-refractivity contribution is -0.137. The van der Waals surface area contributed by atoms with Crippen LogP contribution in [0.15, 0.2) is 84.0 Å². The number of amidine groups is 1. The molecule has 178 valence electrons. The van der Waals surface area contributed by atoms with E-state index in [1.54, 1.807) is 24.3 Å². The Morgan fingerprint density at radius 3 is 2.26 bits per heavy atom. The van der Waals surface area contributed by atoms with Crippen molar-refractivity contribution in [1.82, 2.24) is 5.12 Å². The molecule has 0 heterocycles. The number of hydrogen-bond acceptors (Lipinski definition) is 5. The smallest absolute Gasteiger partial charge is 0.382 e. The Labute approximate surface area is 196 Å². The van der Waals surface area contributed by atoms with Gasteiger partial charge in [-0.3, -0.25) is 0 Å². The number of benzene rings is 3. The van der Waals surface area contributed by atoms with Crippen LogP contribution in [0.5, 0.6) is 0 Å². The van der Waals surface area contributed by atoms with Gasteiger partial charge in [0.1, 0.15) is 0 Å². The molecule has 1 aliphatic carbocycles. The molecule has 0 bridgehead atoms. The van der Waals surface area contributed by atoms with E-state index in [9.17, 15) is 13.2 Å². The van der Waals surface area contributed by atoms with E-state index in [1.165, 1.54) is 17.3 Å². The Bertz CT molecular complexity index is 1130. The molecule has 1 aliphatic rings. The summed E-state index contributed by atoms with van der Waals surface area (Å²) >= 11 is 0. The standard InChI is InChI=1S/C25H26F3N5O/c26-25(27,28)19-10-12-20(13-11-19)31-22-9-5-4-8-21(22)23(29)32-33(30)17-24(14-15-24)34-16-18-6-2-1-3-7-18/h1-13,31H,14-17,30H2,(H2,29,32). The van der Waals surface area contributed by atoms with Gasteiger partial charge < -0.3 is 15.8 Å². The minimum absolute atomic E-state index is 0.177. The van der Waals surface area contributed by atoms with Crippen molar-refractivity contribution in [1.29, 1.82) is 0 Å². The number of hydrogen-bond donors (Lipinski definition) is 3. The van der Waals surface area contributed by atoms with Crippen LogP contribution in [-0.2, 0) is 17.5 Å². The van der Waals surface area contributed by atoms with Gasteiger partial charge in [0, 0.05) is 16.9 Å². The SMILES string of the molecule is N/C(=N\N(N)CC1(OCc2ccccc2)CC1)c1ccccc1Nc1ccc(C(F)(F)F)cc1. The molecule has 0 aliphatic heterocycles. The summed E-state index contributed by atoms with van der Waals surface area (Å²) in [6, 6.07) is 21.8. The molecule has 5 N–H and O–H groups in total. The van der Waals surface area contributed by atoms with Crippen LogP contribution in [-0.4, -0.2) is 23.1 Å². The highest BCUT2D eigenvalue weighted by Gasteiger charge is 2.45. The van der Waals surface area contributed by atoms with E-state index in [0.29, 0.717) is 30.1 Å². The molecule has 4 rings (SSSR count). The highest BCUT2D eigenvalue weighted by molar-refractivity contribution is 6.02. The summed E-state index contributed by atoms with van der Waals surface area (Å²) in [6.45, 7) is 0.878. The second kappa shape index (κ2) is 9.74. The van der Waals surface area contributed by atoms with Crippen molar-refractivity contribution < 1.29 is 17.9 Å². The first kappa shape index (κ1) is 23.6. The summed E-state index contributed by atoms with van der Waals surface area (Å²) in [6.07, 6.45) is -2.62.